The van der Waals surface area contributed by atoms with Crippen molar-refractivity contribution in [3.63, 3.8) is 0 Å². The van der Waals surface area contributed by atoms with Crippen LogP contribution in [0.5, 0.6) is 0 Å². The van der Waals surface area contributed by atoms with E-state index in [0.29, 0.717) is 6.42 Å². The maximum absolute atomic E-state index is 12.8. The second-order valence-corrected chi connectivity index (χ2v) is 4.29. The van der Waals surface area contributed by atoms with Crippen LogP contribution < -0.4 is 5.32 Å². The molecule has 1 aliphatic heterocycles. The fourth-order valence-corrected chi connectivity index (χ4v) is 1.96. The summed E-state index contributed by atoms with van der Waals surface area (Å²) in [5.41, 5.74) is 0.745. The number of hydrogen-bond acceptors (Lipinski definition) is 3. The lowest BCUT2D eigenvalue weighted by molar-refractivity contribution is -0.150. The molecular weight excluding hydrogens is 235 g/mol. The van der Waals surface area contributed by atoms with Crippen molar-refractivity contribution in [3.05, 3.63) is 35.6 Å². The molecule has 1 aromatic rings. The number of carbonyl (C=O) groups is 2. The lowest BCUT2D eigenvalue weighted by Gasteiger charge is -2.31. The van der Waals surface area contributed by atoms with E-state index in [-0.39, 0.29) is 36.8 Å². The van der Waals surface area contributed by atoms with Crippen molar-refractivity contribution in [2.75, 3.05) is 6.54 Å². The van der Waals surface area contributed by atoms with Crippen LogP contribution in [0.1, 0.15) is 18.9 Å². The monoisotopic (exact) mass is 250 g/mol. The van der Waals surface area contributed by atoms with Crippen molar-refractivity contribution in [1.29, 1.82) is 0 Å². The number of halogens is 1. The molecule has 18 heavy (non-hydrogen) atoms. The van der Waals surface area contributed by atoms with Gasteiger partial charge in [-0.25, -0.2) is 4.39 Å². The topological polar surface area (TPSA) is 49.4 Å². The summed E-state index contributed by atoms with van der Waals surface area (Å²) in [4.78, 5) is 24.9. The second kappa shape index (κ2) is 5.27. The maximum Gasteiger partial charge on any atom is 0.246 e. The zero-order valence-corrected chi connectivity index (χ0v) is 10.1. The third kappa shape index (κ3) is 2.56. The Bertz CT molecular complexity index is 459. The van der Waals surface area contributed by atoms with Crippen LogP contribution in [-0.2, 0) is 16.1 Å². The van der Waals surface area contributed by atoms with Crippen molar-refractivity contribution in [2.45, 2.75) is 25.9 Å². The highest BCUT2D eigenvalue weighted by atomic mass is 19.1. The first-order chi connectivity index (χ1) is 8.61. The molecule has 0 saturated carbocycles. The zero-order valence-electron chi connectivity index (χ0n) is 10.1. The summed E-state index contributed by atoms with van der Waals surface area (Å²) in [5.74, 6) is -0.782. The molecule has 96 valence electrons. The molecule has 1 atom stereocenters. The summed E-state index contributed by atoms with van der Waals surface area (Å²) < 4.78 is 12.8. The Kier molecular flexibility index (Phi) is 3.72. The highest BCUT2D eigenvalue weighted by Gasteiger charge is 2.32. The molecule has 2 amide bonds. The van der Waals surface area contributed by atoms with Gasteiger partial charge < -0.3 is 0 Å². The molecule has 5 heteroatoms. The van der Waals surface area contributed by atoms with Gasteiger partial charge in [0.15, 0.2) is 0 Å². The average Bonchev–Trinajstić information content (AvgIpc) is 2.37. The Morgan fingerprint density at radius 2 is 2.00 bits per heavy atom. The average molecular weight is 250 g/mol. The second-order valence-electron chi connectivity index (χ2n) is 4.29. The van der Waals surface area contributed by atoms with Crippen LogP contribution in [0.3, 0.4) is 0 Å². The largest absolute Gasteiger partial charge is 0.297 e. The van der Waals surface area contributed by atoms with E-state index in [4.69, 9.17) is 0 Å². The lowest BCUT2D eigenvalue weighted by Crippen LogP contribution is -2.57. The third-order valence-corrected chi connectivity index (χ3v) is 3.03. The van der Waals surface area contributed by atoms with Crippen LogP contribution >= 0.6 is 0 Å². The normalized spacial score (nSPS) is 20.3. The fourth-order valence-electron chi connectivity index (χ4n) is 1.96. The smallest absolute Gasteiger partial charge is 0.246 e. The van der Waals surface area contributed by atoms with E-state index in [1.165, 1.54) is 17.0 Å². The molecule has 1 N–H and O–H groups in total. The number of benzene rings is 1. The van der Waals surface area contributed by atoms with Crippen molar-refractivity contribution in [1.82, 2.24) is 10.2 Å². The third-order valence-electron chi connectivity index (χ3n) is 3.03. The molecule has 0 bridgehead atoms. The van der Waals surface area contributed by atoms with Crippen LogP contribution in [0.25, 0.3) is 0 Å². The first-order valence-corrected chi connectivity index (χ1v) is 5.94. The summed E-state index contributed by atoms with van der Waals surface area (Å²) in [5, 5.41) is 2.89. The molecule has 0 radical (unpaired) electrons. The number of amides is 2. The summed E-state index contributed by atoms with van der Waals surface area (Å²) in [6.45, 7) is 2.27. The lowest BCUT2D eigenvalue weighted by atomic mass is 10.1. The quantitative estimate of drug-likeness (QED) is 0.816. The minimum absolute atomic E-state index is 0.172. The number of nitrogens with one attached hydrogen (secondary N) is 1. The van der Waals surface area contributed by atoms with Crippen molar-refractivity contribution in [3.8, 4) is 0 Å². The van der Waals surface area contributed by atoms with Crippen LogP contribution in [0, 0.1) is 5.82 Å². The number of carbonyl (C=O) groups excluding carboxylic acids is 2. The summed E-state index contributed by atoms with van der Waals surface area (Å²) in [6.07, 6.45) is 0.645. The van der Waals surface area contributed by atoms with Gasteiger partial charge in [-0.1, -0.05) is 19.1 Å². The van der Waals surface area contributed by atoms with E-state index in [9.17, 15) is 14.0 Å². The molecule has 1 saturated heterocycles. The number of imide groups is 1. The predicted molar refractivity (Wildman–Crippen MR) is 64.0 cm³/mol. The molecule has 0 aromatic heterocycles. The Hall–Kier alpha value is -1.75. The fraction of sp³-hybridized carbons (Fsp3) is 0.385. The Labute approximate surface area is 105 Å². The van der Waals surface area contributed by atoms with E-state index in [2.05, 4.69) is 5.32 Å². The minimum Gasteiger partial charge on any atom is -0.297 e. The Morgan fingerprint density at radius 1 is 1.33 bits per heavy atom. The van der Waals surface area contributed by atoms with Gasteiger partial charge in [0.1, 0.15) is 5.82 Å². The molecule has 0 spiro atoms. The Morgan fingerprint density at radius 3 is 2.61 bits per heavy atom. The standard InChI is InChI=1S/C13H15FN2O2/c1-2-11-13(18)16(12(17)7-15-11)8-9-3-5-10(14)6-4-9/h3-6,11,15H,2,7-8H2,1H3. The minimum atomic E-state index is -0.330. The van der Waals surface area contributed by atoms with Crippen LogP contribution in [0.15, 0.2) is 24.3 Å². The Balaban J connectivity index is 2.13. The van der Waals surface area contributed by atoms with Gasteiger partial charge in [-0.05, 0) is 24.1 Å². The summed E-state index contributed by atoms with van der Waals surface area (Å²) in [6, 6.07) is 5.51. The highest BCUT2D eigenvalue weighted by molar-refractivity contribution is 6.01. The molecule has 0 aliphatic carbocycles. The van der Waals surface area contributed by atoms with Gasteiger partial charge in [0.2, 0.25) is 11.8 Å². The van der Waals surface area contributed by atoms with Gasteiger partial charge in [-0.2, -0.15) is 0 Å². The molecule has 4 nitrogen and oxygen atoms in total. The molecule has 1 unspecified atom stereocenters. The van der Waals surface area contributed by atoms with Gasteiger partial charge in [0.05, 0.1) is 19.1 Å². The van der Waals surface area contributed by atoms with E-state index in [1.54, 1.807) is 12.1 Å². The number of nitrogens with zero attached hydrogens (tertiary/aromatic N) is 1. The molecular formula is C13H15FN2O2. The number of hydrogen-bond donors (Lipinski definition) is 1. The van der Waals surface area contributed by atoms with Gasteiger partial charge in [-0.3, -0.25) is 19.8 Å². The van der Waals surface area contributed by atoms with Gasteiger partial charge in [0.25, 0.3) is 0 Å². The van der Waals surface area contributed by atoms with E-state index < -0.39 is 0 Å². The van der Waals surface area contributed by atoms with E-state index in [0.717, 1.165) is 5.56 Å². The molecule has 1 fully saturated rings. The predicted octanol–water partition coefficient (Wildman–Crippen LogP) is 1.06. The van der Waals surface area contributed by atoms with Crippen molar-refractivity contribution >= 4 is 11.8 Å². The van der Waals surface area contributed by atoms with Gasteiger partial charge in [-0.15, -0.1) is 0 Å². The summed E-state index contributed by atoms with van der Waals surface area (Å²) in [7, 11) is 0. The van der Waals surface area contributed by atoms with Crippen molar-refractivity contribution in [2.24, 2.45) is 0 Å². The van der Waals surface area contributed by atoms with Crippen LogP contribution in [0.2, 0.25) is 0 Å². The first kappa shape index (κ1) is 12.7. The first-order valence-electron chi connectivity index (χ1n) is 5.94. The van der Waals surface area contributed by atoms with Crippen LogP contribution in [0.4, 0.5) is 4.39 Å². The van der Waals surface area contributed by atoms with Gasteiger partial charge >= 0.3 is 0 Å². The number of piperazine rings is 1. The zero-order chi connectivity index (χ0) is 13.1. The molecule has 2 rings (SSSR count). The van der Waals surface area contributed by atoms with Crippen molar-refractivity contribution < 1.29 is 14.0 Å². The molecule has 1 heterocycles. The highest BCUT2D eigenvalue weighted by Crippen LogP contribution is 2.12. The van der Waals surface area contributed by atoms with E-state index in [1.807, 2.05) is 6.92 Å². The molecule has 1 aliphatic rings. The maximum atomic E-state index is 12.8. The summed E-state index contributed by atoms with van der Waals surface area (Å²) >= 11 is 0. The van der Waals surface area contributed by atoms with E-state index >= 15 is 0 Å². The van der Waals surface area contributed by atoms with Gasteiger partial charge in [0, 0.05) is 0 Å². The molecule has 1 aromatic carbocycles. The SMILES string of the molecule is CCC1NCC(=O)N(Cc2ccc(F)cc2)C1=O. The van der Waals surface area contributed by atoms with Crippen LogP contribution in [-0.4, -0.2) is 29.3 Å². The number of rotatable bonds is 3.